The minimum absolute atomic E-state index is 0.446. The summed E-state index contributed by atoms with van der Waals surface area (Å²) in [5.41, 5.74) is 23.2. The summed E-state index contributed by atoms with van der Waals surface area (Å²) in [7, 11) is 0. The highest BCUT2D eigenvalue weighted by atomic mass is 16.3. The Morgan fingerprint density at radius 1 is 0.250 bits per heavy atom. The Labute approximate surface area is 440 Å². The van der Waals surface area contributed by atoms with Crippen LogP contribution in [0.3, 0.4) is 0 Å². The third-order valence-corrected chi connectivity index (χ3v) is 15.8. The standard InChI is InChI=1S/C73H47NO2/c1-3-18-55(19-4-1)73(56-20-5-2-6-21-56)66-26-11-7-23-60(66)63-45-53(34-41-67(63)73)50-16-15-17-54(44-50)59-22-8-12-27-68(59)74(57-37-30-48(31-38-57)51-35-42-71-64(46-51)61-24-9-13-28-69(61)75-71)58-39-32-49(33-40-58)52-36-43-72-65(47-52)62-25-10-14-29-70(62)76-72/h1-47H. The molecular formula is C73H47NO2. The smallest absolute Gasteiger partial charge is 0.135 e. The summed E-state index contributed by atoms with van der Waals surface area (Å²) >= 11 is 0. The molecular weight excluding hydrogens is 923 g/mol. The van der Waals surface area contributed by atoms with E-state index in [9.17, 15) is 0 Å². The minimum Gasteiger partial charge on any atom is -0.456 e. The van der Waals surface area contributed by atoms with Crippen LogP contribution in [0.15, 0.2) is 294 Å². The second-order valence-corrected chi connectivity index (χ2v) is 19.9. The topological polar surface area (TPSA) is 29.5 Å². The first-order valence-electron chi connectivity index (χ1n) is 26.0. The van der Waals surface area contributed by atoms with Gasteiger partial charge in [0.15, 0.2) is 0 Å². The maximum atomic E-state index is 6.20. The highest BCUT2D eigenvalue weighted by molar-refractivity contribution is 6.07. The van der Waals surface area contributed by atoms with Crippen molar-refractivity contribution in [1.82, 2.24) is 0 Å². The predicted molar refractivity (Wildman–Crippen MR) is 315 cm³/mol. The van der Waals surface area contributed by atoms with Crippen LogP contribution in [0.5, 0.6) is 0 Å². The van der Waals surface area contributed by atoms with E-state index in [-0.39, 0.29) is 0 Å². The molecule has 0 bridgehead atoms. The van der Waals surface area contributed by atoms with E-state index in [4.69, 9.17) is 8.83 Å². The van der Waals surface area contributed by atoms with Gasteiger partial charge in [-0.25, -0.2) is 0 Å². The maximum Gasteiger partial charge on any atom is 0.135 e. The van der Waals surface area contributed by atoms with E-state index < -0.39 is 5.41 Å². The van der Waals surface area contributed by atoms with Crippen molar-refractivity contribution in [1.29, 1.82) is 0 Å². The lowest BCUT2D eigenvalue weighted by Gasteiger charge is -2.33. The Hall–Kier alpha value is -9.96. The number of para-hydroxylation sites is 3. The Morgan fingerprint density at radius 2 is 0.684 bits per heavy atom. The molecule has 2 aromatic heterocycles. The van der Waals surface area contributed by atoms with Crippen molar-refractivity contribution in [2.75, 3.05) is 4.90 Å². The second-order valence-electron chi connectivity index (χ2n) is 19.9. The molecule has 12 aromatic carbocycles. The van der Waals surface area contributed by atoms with Gasteiger partial charge in [-0.3, -0.25) is 0 Å². The zero-order chi connectivity index (χ0) is 50.2. The van der Waals surface area contributed by atoms with Gasteiger partial charge in [-0.15, -0.1) is 0 Å². The SMILES string of the molecule is c1ccc(C2(c3ccccc3)c3ccccc3-c3cc(-c4cccc(-c5ccccc5N(c5ccc(-c6ccc7oc8ccccc8c7c6)cc5)c5ccc(-c6ccc7oc8ccccc8c7c6)cc5)c4)ccc32)cc1. The lowest BCUT2D eigenvalue weighted by atomic mass is 9.67. The fourth-order valence-electron chi connectivity index (χ4n) is 12.3. The summed E-state index contributed by atoms with van der Waals surface area (Å²) in [5.74, 6) is 0. The van der Waals surface area contributed by atoms with Gasteiger partial charge in [0.25, 0.3) is 0 Å². The van der Waals surface area contributed by atoms with Crippen LogP contribution in [0.1, 0.15) is 22.3 Å². The molecule has 15 rings (SSSR count). The van der Waals surface area contributed by atoms with Gasteiger partial charge in [0.1, 0.15) is 22.3 Å². The number of hydrogen-bond acceptors (Lipinski definition) is 3. The van der Waals surface area contributed by atoms with E-state index in [0.29, 0.717) is 0 Å². The molecule has 0 saturated heterocycles. The van der Waals surface area contributed by atoms with E-state index in [2.05, 4.69) is 266 Å². The quantitative estimate of drug-likeness (QED) is 0.144. The molecule has 0 fully saturated rings. The molecule has 3 nitrogen and oxygen atoms in total. The number of benzene rings is 12. The number of furan rings is 2. The molecule has 0 saturated carbocycles. The Morgan fingerprint density at radius 3 is 1.29 bits per heavy atom. The number of hydrogen-bond donors (Lipinski definition) is 0. The average Bonchev–Trinajstić information content (AvgIpc) is 4.19. The van der Waals surface area contributed by atoms with Crippen molar-refractivity contribution in [3.8, 4) is 55.6 Å². The fraction of sp³-hybridized carbons (Fsp3) is 0.0137. The molecule has 14 aromatic rings. The van der Waals surface area contributed by atoms with Gasteiger partial charge >= 0.3 is 0 Å². The van der Waals surface area contributed by atoms with Crippen molar-refractivity contribution in [3.63, 3.8) is 0 Å². The van der Waals surface area contributed by atoms with Crippen molar-refractivity contribution >= 4 is 60.9 Å². The van der Waals surface area contributed by atoms with Gasteiger partial charge in [-0.05, 0) is 151 Å². The normalized spacial score (nSPS) is 12.6. The van der Waals surface area contributed by atoms with Crippen molar-refractivity contribution in [2.24, 2.45) is 0 Å². The lowest BCUT2D eigenvalue weighted by molar-refractivity contribution is 0.668. The van der Waals surface area contributed by atoms with Crippen LogP contribution in [0, 0.1) is 0 Å². The number of rotatable bonds is 9. The summed E-state index contributed by atoms with van der Waals surface area (Å²) in [4.78, 5) is 2.40. The van der Waals surface area contributed by atoms with Crippen LogP contribution in [-0.4, -0.2) is 0 Å². The van der Waals surface area contributed by atoms with Crippen molar-refractivity contribution in [2.45, 2.75) is 5.41 Å². The van der Waals surface area contributed by atoms with Gasteiger partial charge in [0, 0.05) is 38.5 Å². The van der Waals surface area contributed by atoms with Crippen LogP contribution < -0.4 is 4.90 Å². The van der Waals surface area contributed by atoms with E-state index in [0.717, 1.165) is 99.9 Å². The molecule has 1 aliphatic rings. The third-order valence-electron chi connectivity index (χ3n) is 15.8. The van der Waals surface area contributed by atoms with E-state index >= 15 is 0 Å². The summed E-state index contributed by atoms with van der Waals surface area (Å²) in [5, 5.41) is 4.48. The van der Waals surface area contributed by atoms with Crippen LogP contribution in [-0.2, 0) is 5.41 Å². The maximum absolute atomic E-state index is 6.20. The molecule has 0 radical (unpaired) electrons. The molecule has 0 aliphatic heterocycles. The number of nitrogens with zero attached hydrogens (tertiary/aromatic N) is 1. The van der Waals surface area contributed by atoms with E-state index in [1.807, 2.05) is 24.3 Å². The largest absolute Gasteiger partial charge is 0.456 e. The number of fused-ring (bicyclic) bond motifs is 9. The molecule has 0 unspecified atom stereocenters. The van der Waals surface area contributed by atoms with Crippen LogP contribution in [0.4, 0.5) is 17.1 Å². The zero-order valence-corrected chi connectivity index (χ0v) is 41.4. The molecule has 0 N–H and O–H groups in total. The molecule has 0 atom stereocenters. The fourth-order valence-corrected chi connectivity index (χ4v) is 12.3. The molecule has 0 amide bonds. The molecule has 2 heterocycles. The first-order chi connectivity index (χ1) is 37.7. The predicted octanol–water partition coefficient (Wildman–Crippen LogP) is 20.0. The van der Waals surface area contributed by atoms with Crippen molar-refractivity contribution in [3.05, 3.63) is 307 Å². The van der Waals surface area contributed by atoms with Crippen molar-refractivity contribution < 1.29 is 8.83 Å². The van der Waals surface area contributed by atoms with Gasteiger partial charge in [0.05, 0.1) is 11.1 Å². The first kappa shape index (κ1) is 43.6. The van der Waals surface area contributed by atoms with Crippen LogP contribution in [0.25, 0.3) is 99.5 Å². The molecule has 76 heavy (non-hydrogen) atoms. The van der Waals surface area contributed by atoms with Crippen LogP contribution in [0.2, 0.25) is 0 Å². The third kappa shape index (κ3) is 6.97. The average molecular weight is 970 g/mol. The first-order valence-corrected chi connectivity index (χ1v) is 26.0. The van der Waals surface area contributed by atoms with Gasteiger partial charge in [0.2, 0.25) is 0 Å². The summed E-state index contributed by atoms with van der Waals surface area (Å²) < 4.78 is 12.4. The van der Waals surface area contributed by atoms with Gasteiger partial charge in [-0.2, -0.15) is 0 Å². The van der Waals surface area contributed by atoms with E-state index in [1.165, 1.54) is 38.9 Å². The molecule has 3 heteroatoms. The van der Waals surface area contributed by atoms with Crippen LogP contribution >= 0.6 is 0 Å². The summed E-state index contributed by atoms with van der Waals surface area (Å²) in [6, 6.07) is 103. The lowest BCUT2D eigenvalue weighted by Crippen LogP contribution is -2.28. The minimum atomic E-state index is -0.446. The Balaban J connectivity index is 0.838. The summed E-state index contributed by atoms with van der Waals surface area (Å²) in [6.45, 7) is 0. The Kier molecular flexibility index (Phi) is 10.1. The van der Waals surface area contributed by atoms with Gasteiger partial charge in [-0.1, -0.05) is 206 Å². The summed E-state index contributed by atoms with van der Waals surface area (Å²) in [6.07, 6.45) is 0. The number of anilines is 3. The molecule has 1 aliphatic carbocycles. The van der Waals surface area contributed by atoms with Gasteiger partial charge < -0.3 is 13.7 Å². The monoisotopic (exact) mass is 969 g/mol. The zero-order valence-electron chi connectivity index (χ0n) is 41.4. The highest BCUT2D eigenvalue weighted by Crippen LogP contribution is 2.57. The Bertz CT molecular complexity index is 4310. The highest BCUT2D eigenvalue weighted by Gasteiger charge is 2.46. The molecule has 0 spiro atoms. The molecule has 356 valence electrons. The second kappa shape index (κ2) is 17.6. The van der Waals surface area contributed by atoms with E-state index in [1.54, 1.807) is 0 Å².